The van der Waals surface area contributed by atoms with Crippen molar-refractivity contribution < 1.29 is 9.59 Å². The molecule has 5 nitrogen and oxygen atoms in total. The molecule has 1 unspecified atom stereocenters. The molecule has 0 spiro atoms. The van der Waals surface area contributed by atoms with E-state index in [-0.39, 0.29) is 24.4 Å². The van der Waals surface area contributed by atoms with Crippen molar-refractivity contribution >= 4 is 23.2 Å². The second-order valence-corrected chi connectivity index (χ2v) is 5.35. The first-order valence-electron chi connectivity index (χ1n) is 6.09. The predicted molar refractivity (Wildman–Crippen MR) is 75.9 cm³/mol. The first kappa shape index (κ1) is 15.4. The Bertz CT molecular complexity index is 470. The van der Waals surface area contributed by atoms with Crippen LogP contribution in [0.3, 0.4) is 0 Å². The summed E-state index contributed by atoms with van der Waals surface area (Å²) in [5.74, 6) is -0.483. The van der Waals surface area contributed by atoms with E-state index in [4.69, 9.17) is 0 Å². The number of likely N-dealkylation sites (N-methyl/N-ethyl adjacent to an activating group) is 1. The zero-order chi connectivity index (χ0) is 14.4. The molecule has 0 aromatic carbocycles. The van der Waals surface area contributed by atoms with Gasteiger partial charge in [0.2, 0.25) is 11.8 Å². The summed E-state index contributed by atoms with van der Waals surface area (Å²) in [6.07, 6.45) is 3.95. The minimum absolute atomic E-state index is 0.0151. The van der Waals surface area contributed by atoms with Gasteiger partial charge in [-0.15, -0.1) is 11.3 Å². The molecule has 1 aromatic heterocycles. The van der Waals surface area contributed by atoms with Crippen LogP contribution < -0.4 is 5.32 Å². The van der Waals surface area contributed by atoms with E-state index in [2.05, 4.69) is 23.8 Å². The van der Waals surface area contributed by atoms with E-state index in [0.717, 1.165) is 11.4 Å². The number of hydrogen-bond acceptors (Lipinski definition) is 4. The molecule has 2 amide bonds. The Hall–Kier alpha value is -1.69. The van der Waals surface area contributed by atoms with Crippen LogP contribution in [-0.2, 0) is 16.0 Å². The molecule has 0 aliphatic heterocycles. The lowest BCUT2D eigenvalue weighted by Crippen LogP contribution is -2.38. The fourth-order valence-corrected chi connectivity index (χ4v) is 2.34. The molecular weight excluding hydrogens is 262 g/mol. The molecule has 0 bridgehead atoms. The summed E-state index contributed by atoms with van der Waals surface area (Å²) < 4.78 is 0. The number of rotatable bonds is 6. The first-order valence-corrected chi connectivity index (χ1v) is 6.91. The lowest BCUT2D eigenvalue weighted by Gasteiger charge is -2.16. The third-order valence-electron chi connectivity index (χ3n) is 2.60. The number of aryl methyl sites for hydroxylation is 1. The molecule has 0 radical (unpaired) electrons. The number of thiazole rings is 1. The highest BCUT2D eigenvalue weighted by atomic mass is 32.1. The second-order valence-electron chi connectivity index (χ2n) is 4.21. The lowest BCUT2D eigenvalue weighted by molar-refractivity contribution is -0.131. The van der Waals surface area contributed by atoms with Crippen molar-refractivity contribution in [3.8, 4) is 0 Å². The summed E-state index contributed by atoms with van der Waals surface area (Å²) >= 11 is 1.59. The van der Waals surface area contributed by atoms with Gasteiger partial charge in [0, 0.05) is 18.1 Å². The van der Waals surface area contributed by atoms with Gasteiger partial charge >= 0.3 is 0 Å². The molecule has 19 heavy (non-hydrogen) atoms. The summed E-state index contributed by atoms with van der Waals surface area (Å²) in [4.78, 5) is 29.8. The Labute approximate surface area is 117 Å². The fourth-order valence-electron chi connectivity index (χ4n) is 1.48. The number of carbonyl (C=O) groups is 2. The lowest BCUT2D eigenvalue weighted by atomic mass is 10.3. The summed E-state index contributed by atoms with van der Waals surface area (Å²) in [6, 6.07) is -0.148. The highest BCUT2D eigenvalue weighted by Gasteiger charge is 2.15. The molecule has 0 saturated carbocycles. The third kappa shape index (κ3) is 4.48. The van der Waals surface area contributed by atoms with Crippen molar-refractivity contribution in [3.05, 3.63) is 28.7 Å². The van der Waals surface area contributed by atoms with Crippen LogP contribution in [0.1, 0.15) is 29.8 Å². The van der Waals surface area contributed by atoms with Crippen LogP contribution in [0.5, 0.6) is 0 Å². The Morgan fingerprint density at radius 1 is 1.63 bits per heavy atom. The maximum Gasteiger partial charge on any atom is 0.246 e. The van der Waals surface area contributed by atoms with Crippen LogP contribution >= 0.6 is 11.3 Å². The van der Waals surface area contributed by atoms with Crippen molar-refractivity contribution in [2.45, 2.75) is 26.3 Å². The maximum atomic E-state index is 11.8. The number of nitrogens with zero attached hydrogens (tertiary/aromatic N) is 2. The quantitative estimate of drug-likeness (QED) is 0.804. The van der Waals surface area contributed by atoms with Gasteiger partial charge in [-0.05, 0) is 19.4 Å². The summed E-state index contributed by atoms with van der Waals surface area (Å²) in [5.41, 5.74) is 0. The van der Waals surface area contributed by atoms with Gasteiger partial charge in [0.1, 0.15) is 5.01 Å². The van der Waals surface area contributed by atoms with Crippen LogP contribution in [0.4, 0.5) is 0 Å². The Morgan fingerprint density at radius 3 is 2.84 bits per heavy atom. The molecule has 1 heterocycles. The van der Waals surface area contributed by atoms with E-state index >= 15 is 0 Å². The van der Waals surface area contributed by atoms with E-state index in [1.165, 1.54) is 15.9 Å². The van der Waals surface area contributed by atoms with Crippen molar-refractivity contribution in [2.24, 2.45) is 0 Å². The average molecular weight is 281 g/mol. The molecule has 104 valence electrons. The summed E-state index contributed by atoms with van der Waals surface area (Å²) in [7, 11) is 1.56. The standard InChI is InChI=1S/C13H19N3O2S/c1-5-10-7-14-13(19-10)9(3)15-11(17)8-16(4)12(18)6-2/h6-7,9H,2,5,8H2,1,3-4H3,(H,15,17). The molecule has 6 heteroatoms. The molecule has 0 aliphatic rings. The zero-order valence-electron chi connectivity index (χ0n) is 11.5. The number of nitrogens with one attached hydrogen (secondary N) is 1. The molecule has 1 aromatic rings. The van der Waals surface area contributed by atoms with E-state index in [1.807, 2.05) is 13.1 Å². The van der Waals surface area contributed by atoms with Gasteiger partial charge in [-0.3, -0.25) is 9.59 Å². The van der Waals surface area contributed by atoms with Crippen LogP contribution in [0.15, 0.2) is 18.9 Å². The Kier molecular flexibility index (Phi) is 5.69. The van der Waals surface area contributed by atoms with Crippen LogP contribution in [-0.4, -0.2) is 35.3 Å². The van der Waals surface area contributed by atoms with Gasteiger partial charge in [-0.25, -0.2) is 4.98 Å². The molecule has 1 N–H and O–H groups in total. The topological polar surface area (TPSA) is 62.3 Å². The summed E-state index contributed by atoms with van der Waals surface area (Å²) in [6.45, 7) is 7.34. The van der Waals surface area contributed by atoms with Crippen LogP contribution in [0.2, 0.25) is 0 Å². The minimum atomic E-state index is -0.273. The van der Waals surface area contributed by atoms with Crippen molar-refractivity contribution in [2.75, 3.05) is 13.6 Å². The Balaban J connectivity index is 2.52. The van der Waals surface area contributed by atoms with Gasteiger partial charge in [0.25, 0.3) is 0 Å². The van der Waals surface area contributed by atoms with Crippen molar-refractivity contribution in [1.82, 2.24) is 15.2 Å². The smallest absolute Gasteiger partial charge is 0.246 e. The monoisotopic (exact) mass is 281 g/mol. The van der Waals surface area contributed by atoms with Crippen molar-refractivity contribution in [3.63, 3.8) is 0 Å². The average Bonchev–Trinajstić information content (AvgIpc) is 2.86. The van der Waals surface area contributed by atoms with E-state index in [0.29, 0.717) is 0 Å². The van der Waals surface area contributed by atoms with Gasteiger partial charge in [-0.2, -0.15) is 0 Å². The molecular formula is C13H19N3O2S. The highest BCUT2D eigenvalue weighted by molar-refractivity contribution is 7.11. The predicted octanol–water partition coefficient (Wildman–Crippen LogP) is 1.53. The molecule has 0 fully saturated rings. The largest absolute Gasteiger partial charge is 0.346 e. The maximum absolute atomic E-state index is 11.8. The highest BCUT2D eigenvalue weighted by Crippen LogP contribution is 2.19. The van der Waals surface area contributed by atoms with E-state index < -0.39 is 0 Å². The Morgan fingerprint density at radius 2 is 2.32 bits per heavy atom. The first-order chi connectivity index (χ1) is 8.97. The van der Waals surface area contributed by atoms with Crippen LogP contribution in [0.25, 0.3) is 0 Å². The van der Waals surface area contributed by atoms with Crippen molar-refractivity contribution in [1.29, 1.82) is 0 Å². The minimum Gasteiger partial charge on any atom is -0.346 e. The van der Waals surface area contributed by atoms with Gasteiger partial charge < -0.3 is 10.2 Å². The second kappa shape index (κ2) is 7.04. The molecule has 1 rings (SSSR count). The number of hydrogen-bond donors (Lipinski definition) is 1. The SMILES string of the molecule is C=CC(=O)N(C)CC(=O)NC(C)c1ncc(CC)s1. The van der Waals surface area contributed by atoms with Gasteiger partial charge in [-0.1, -0.05) is 13.5 Å². The molecule has 0 saturated heterocycles. The molecule has 1 atom stereocenters. The van der Waals surface area contributed by atoms with E-state index in [1.54, 1.807) is 18.4 Å². The van der Waals surface area contributed by atoms with Crippen LogP contribution in [0, 0.1) is 0 Å². The van der Waals surface area contributed by atoms with Gasteiger partial charge in [0.05, 0.1) is 12.6 Å². The fraction of sp³-hybridized carbons (Fsp3) is 0.462. The number of amides is 2. The third-order valence-corrected chi connectivity index (χ3v) is 3.92. The normalized spacial score (nSPS) is 11.7. The zero-order valence-corrected chi connectivity index (χ0v) is 12.3. The number of aromatic nitrogens is 1. The molecule has 0 aliphatic carbocycles. The number of carbonyl (C=O) groups excluding carboxylic acids is 2. The summed E-state index contributed by atoms with van der Waals surface area (Å²) in [5, 5.41) is 3.70. The van der Waals surface area contributed by atoms with E-state index in [9.17, 15) is 9.59 Å². The van der Waals surface area contributed by atoms with Gasteiger partial charge in [0.15, 0.2) is 0 Å².